The van der Waals surface area contributed by atoms with E-state index in [4.69, 9.17) is 18.8 Å². The fourth-order valence-corrected chi connectivity index (χ4v) is 9.51. The van der Waals surface area contributed by atoms with Gasteiger partial charge in [-0.1, -0.05) is 164 Å². The summed E-state index contributed by atoms with van der Waals surface area (Å²) in [5.41, 5.74) is 12.8. The largest absolute Gasteiger partial charge is 0.455 e. The van der Waals surface area contributed by atoms with E-state index in [0.29, 0.717) is 0 Å². The molecule has 0 fully saturated rings. The highest BCUT2D eigenvalue weighted by atomic mass is 16.3. The monoisotopic (exact) mass is 764 g/mol. The minimum Gasteiger partial charge on any atom is -0.455 e. The summed E-state index contributed by atoms with van der Waals surface area (Å²) in [4.78, 5) is 11.5. The number of para-hydroxylation sites is 4. The molecule has 3 heterocycles. The van der Waals surface area contributed by atoms with Crippen molar-refractivity contribution in [3.05, 3.63) is 194 Å². The first-order valence-corrected chi connectivity index (χ1v) is 20.3. The summed E-state index contributed by atoms with van der Waals surface area (Å²) in [5, 5.41) is 11.1. The zero-order valence-electron chi connectivity index (χ0n) is 32.2. The van der Waals surface area contributed by atoms with Gasteiger partial charge in [-0.3, -0.25) is 0 Å². The topological polar surface area (TPSA) is 52.1 Å². The average Bonchev–Trinajstić information content (AvgIpc) is 3.90. The van der Waals surface area contributed by atoms with Crippen LogP contribution in [0.1, 0.15) is 0 Å². The van der Waals surface area contributed by atoms with Gasteiger partial charge in [0.25, 0.3) is 0 Å². The molecule has 0 aliphatic heterocycles. The fraction of sp³-hybridized carbons (Fsp3) is 0. The number of rotatable bonds is 4. The van der Waals surface area contributed by atoms with Gasteiger partial charge in [0.15, 0.2) is 0 Å². The summed E-state index contributed by atoms with van der Waals surface area (Å²) in [6, 6.07) is 68.3. The van der Waals surface area contributed by atoms with Crippen molar-refractivity contribution < 1.29 is 8.83 Å². The second kappa shape index (κ2) is 12.7. The third-order valence-electron chi connectivity index (χ3n) is 12.2. The van der Waals surface area contributed by atoms with Crippen LogP contribution >= 0.6 is 0 Å². The van der Waals surface area contributed by atoms with Crippen LogP contribution in [-0.4, -0.2) is 9.97 Å². The Morgan fingerprint density at radius 1 is 0.283 bits per heavy atom. The Bertz CT molecular complexity index is 3770. The molecule has 13 rings (SSSR count). The number of fused-ring (bicyclic) bond motifs is 13. The lowest BCUT2D eigenvalue weighted by molar-refractivity contribution is 0.670. The smallest absolute Gasteiger partial charge is 0.143 e. The molecule has 0 aliphatic rings. The van der Waals surface area contributed by atoms with Gasteiger partial charge in [0.05, 0.1) is 22.4 Å². The van der Waals surface area contributed by atoms with Crippen molar-refractivity contribution >= 4 is 87.2 Å². The van der Waals surface area contributed by atoms with Crippen LogP contribution in [0, 0.1) is 0 Å². The maximum atomic E-state index is 6.68. The maximum absolute atomic E-state index is 6.68. The molecule has 278 valence electrons. The summed E-state index contributed by atoms with van der Waals surface area (Å²) in [7, 11) is 0. The third kappa shape index (κ3) is 4.85. The van der Waals surface area contributed by atoms with E-state index >= 15 is 0 Å². The van der Waals surface area contributed by atoms with Crippen LogP contribution in [-0.2, 0) is 0 Å². The quantitative estimate of drug-likeness (QED) is 0.168. The maximum Gasteiger partial charge on any atom is 0.143 e. The van der Waals surface area contributed by atoms with Crippen molar-refractivity contribution in [2.45, 2.75) is 0 Å². The van der Waals surface area contributed by atoms with Crippen LogP contribution in [0.15, 0.2) is 203 Å². The molecule has 13 aromatic rings. The molecule has 0 radical (unpaired) electrons. The highest BCUT2D eigenvalue weighted by Gasteiger charge is 2.22. The standard InChI is InChI=1S/C56H32N2O2/c1-2-16-37-33(14-1)15-11-25-44(37)52-51(57-53-45-21-5-3-17-40(45)41-18-4-6-22-46(41)54(53)58-52)36-31-34(38-23-12-26-47-42-19-7-9-28-49(42)59-55(38)47)30-35(32-36)39-24-13-27-48-43-20-8-10-29-50(43)60-56(39)48/h1-32H. The van der Waals surface area contributed by atoms with E-state index in [0.717, 1.165) is 132 Å². The van der Waals surface area contributed by atoms with Crippen molar-refractivity contribution in [2.24, 2.45) is 0 Å². The molecule has 60 heavy (non-hydrogen) atoms. The number of nitrogens with zero attached hydrogens (tertiary/aromatic N) is 2. The minimum atomic E-state index is 0.802. The highest BCUT2D eigenvalue weighted by Crippen LogP contribution is 2.45. The van der Waals surface area contributed by atoms with Crippen LogP contribution in [0.5, 0.6) is 0 Å². The predicted molar refractivity (Wildman–Crippen MR) is 248 cm³/mol. The molecule has 0 spiro atoms. The van der Waals surface area contributed by atoms with E-state index in [1.54, 1.807) is 0 Å². The molecule has 0 saturated carbocycles. The van der Waals surface area contributed by atoms with Gasteiger partial charge in [-0.15, -0.1) is 0 Å². The van der Waals surface area contributed by atoms with Gasteiger partial charge < -0.3 is 8.83 Å². The van der Waals surface area contributed by atoms with Crippen molar-refractivity contribution in [3.63, 3.8) is 0 Å². The van der Waals surface area contributed by atoms with Gasteiger partial charge in [-0.05, 0) is 63.0 Å². The van der Waals surface area contributed by atoms with Crippen LogP contribution in [0.4, 0.5) is 0 Å². The first-order valence-electron chi connectivity index (χ1n) is 20.3. The molecule has 0 atom stereocenters. The Labute approximate surface area is 343 Å². The van der Waals surface area contributed by atoms with Crippen molar-refractivity contribution in [1.29, 1.82) is 0 Å². The van der Waals surface area contributed by atoms with Crippen LogP contribution < -0.4 is 0 Å². The fourth-order valence-electron chi connectivity index (χ4n) is 9.51. The lowest BCUT2D eigenvalue weighted by Crippen LogP contribution is -1.99. The summed E-state index contributed by atoms with van der Waals surface area (Å²) in [5.74, 6) is 0. The van der Waals surface area contributed by atoms with Crippen LogP contribution in [0.3, 0.4) is 0 Å². The molecular weight excluding hydrogens is 733 g/mol. The van der Waals surface area contributed by atoms with E-state index in [2.05, 4.69) is 170 Å². The van der Waals surface area contributed by atoms with Crippen molar-refractivity contribution in [3.8, 4) is 44.8 Å². The summed E-state index contributed by atoms with van der Waals surface area (Å²) in [6.45, 7) is 0. The summed E-state index contributed by atoms with van der Waals surface area (Å²) < 4.78 is 13.4. The van der Waals surface area contributed by atoms with Crippen molar-refractivity contribution in [1.82, 2.24) is 9.97 Å². The van der Waals surface area contributed by atoms with E-state index in [1.165, 1.54) is 0 Å². The number of hydrogen-bond donors (Lipinski definition) is 0. The number of aromatic nitrogens is 2. The molecule has 0 saturated heterocycles. The molecule has 3 aromatic heterocycles. The van der Waals surface area contributed by atoms with E-state index < -0.39 is 0 Å². The molecule has 0 N–H and O–H groups in total. The van der Waals surface area contributed by atoms with Gasteiger partial charge in [-0.2, -0.15) is 0 Å². The molecule has 0 aliphatic carbocycles. The number of hydrogen-bond acceptors (Lipinski definition) is 4. The summed E-state index contributed by atoms with van der Waals surface area (Å²) in [6.07, 6.45) is 0. The van der Waals surface area contributed by atoms with E-state index in [9.17, 15) is 0 Å². The third-order valence-corrected chi connectivity index (χ3v) is 12.2. The normalized spacial score (nSPS) is 12.0. The van der Waals surface area contributed by atoms with Gasteiger partial charge in [0, 0.05) is 54.6 Å². The number of benzene rings is 10. The molecule has 4 nitrogen and oxygen atoms in total. The highest BCUT2D eigenvalue weighted by molar-refractivity contribution is 6.24. The second-order valence-corrected chi connectivity index (χ2v) is 15.6. The van der Waals surface area contributed by atoms with Crippen LogP contribution in [0.2, 0.25) is 0 Å². The van der Waals surface area contributed by atoms with Crippen molar-refractivity contribution in [2.75, 3.05) is 0 Å². The average molecular weight is 765 g/mol. The zero-order chi connectivity index (χ0) is 39.3. The van der Waals surface area contributed by atoms with E-state index in [1.807, 2.05) is 24.3 Å². The minimum absolute atomic E-state index is 0.802. The SMILES string of the molecule is c1ccc2c(-c3nc4c5ccccc5c5ccccc5c4nc3-c3cc(-c4cccc5c4oc4ccccc45)cc(-c4cccc5c4oc4ccccc45)c3)cccc2c1. The molecule has 0 amide bonds. The lowest BCUT2D eigenvalue weighted by atomic mass is 9.91. The molecule has 0 bridgehead atoms. The van der Waals surface area contributed by atoms with Crippen LogP contribution in [0.25, 0.3) is 132 Å². The number of furan rings is 2. The molecule has 10 aromatic carbocycles. The first kappa shape index (κ1) is 32.9. The Kier molecular flexibility index (Phi) is 6.98. The predicted octanol–water partition coefficient (Wildman–Crippen LogP) is 15.6. The lowest BCUT2D eigenvalue weighted by Gasteiger charge is -2.17. The van der Waals surface area contributed by atoms with Gasteiger partial charge >= 0.3 is 0 Å². The summed E-state index contributed by atoms with van der Waals surface area (Å²) >= 11 is 0. The van der Waals surface area contributed by atoms with Gasteiger partial charge in [-0.25, -0.2) is 9.97 Å². The Balaban J connectivity index is 1.18. The van der Waals surface area contributed by atoms with Gasteiger partial charge in [0.1, 0.15) is 22.3 Å². The first-order chi connectivity index (χ1) is 29.7. The molecular formula is C56H32N2O2. The Morgan fingerprint density at radius 3 is 1.27 bits per heavy atom. The Morgan fingerprint density at radius 2 is 0.683 bits per heavy atom. The zero-order valence-corrected chi connectivity index (χ0v) is 32.2. The molecule has 4 heteroatoms. The second-order valence-electron chi connectivity index (χ2n) is 15.6. The molecule has 0 unspecified atom stereocenters. The van der Waals surface area contributed by atoms with E-state index in [-0.39, 0.29) is 0 Å². The van der Waals surface area contributed by atoms with Gasteiger partial charge in [0.2, 0.25) is 0 Å². The Hall–Kier alpha value is -8.08.